The molecule has 0 aliphatic heterocycles. The van der Waals surface area contributed by atoms with E-state index in [2.05, 4.69) is 36.5 Å². The topological polar surface area (TPSA) is 12.0 Å². The molecule has 0 heterocycles. The van der Waals surface area contributed by atoms with E-state index in [1.807, 2.05) is 0 Å². The van der Waals surface area contributed by atoms with Gasteiger partial charge in [-0.2, -0.15) is 0 Å². The van der Waals surface area contributed by atoms with Gasteiger partial charge in [0.2, 0.25) is 0 Å². The van der Waals surface area contributed by atoms with Crippen molar-refractivity contribution in [2.24, 2.45) is 23.7 Å². The Labute approximate surface area is 110 Å². The number of rotatable bonds is 4. The Bertz CT molecular complexity index is 437. The van der Waals surface area contributed by atoms with Crippen molar-refractivity contribution in [3.63, 3.8) is 0 Å². The van der Waals surface area contributed by atoms with Gasteiger partial charge in [-0.05, 0) is 60.5 Å². The maximum Gasteiger partial charge on any atom is 0.0211 e. The molecular formula is C17H23N. The lowest BCUT2D eigenvalue weighted by atomic mass is 10.0. The number of aryl methyl sites for hydroxylation is 1. The standard InChI is InChI=1S/C17H23N/c1-2-11-5-3-4-6-14(11)10-18-17-15-12-7-8-13(9-12)16(15)17/h3-6,12-13,15-18H,2,7-10H2,1H3. The fraction of sp³-hybridized carbons (Fsp3) is 0.647. The lowest BCUT2D eigenvalue weighted by Crippen LogP contribution is -2.23. The van der Waals surface area contributed by atoms with Crippen LogP contribution in [-0.4, -0.2) is 6.04 Å². The van der Waals surface area contributed by atoms with Gasteiger partial charge in [0.15, 0.2) is 0 Å². The molecule has 1 nitrogen and oxygen atoms in total. The second-order valence-electron chi connectivity index (χ2n) is 6.52. The van der Waals surface area contributed by atoms with Crippen molar-refractivity contribution in [3.05, 3.63) is 35.4 Å². The maximum absolute atomic E-state index is 3.85. The van der Waals surface area contributed by atoms with Gasteiger partial charge in [-0.1, -0.05) is 31.2 Å². The molecule has 0 radical (unpaired) electrons. The molecular weight excluding hydrogens is 218 g/mol. The first-order chi connectivity index (χ1) is 8.88. The molecule has 0 spiro atoms. The number of fused-ring (bicyclic) bond motifs is 5. The third-order valence-corrected chi connectivity index (χ3v) is 5.76. The summed E-state index contributed by atoms with van der Waals surface area (Å²) in [4.78, 5) is 0. The van der Waals surface area contributed by atoms with Crippen LogP contribution < -0.4 is 5.32 Å². The van der Waals surface area contributed by atoms with Crippen molar-refractivity contribution in [3.8, 4) is 0 Å². The Morgan fingerprint density at radius 3 is 2.39 bits per heavy atom. The largest absolute Gasteiger partial charge is 0.309 e. The van der Waals surface area contributed by atoms with E-state index in [1.165, 1.54) is 24.0 Å². The summed E-state index contributed by atoms with van der Waals surface area (Å²) >= 11 is 0. The molecule has 2 bridgehead atoms. The minimum atomic E-state index is 0.862. The van der Waals surface area contributed by atoms with E-state index in [9.17, 15) is 0 Å². The van der Waals surface area contributed by atoms with Crippen LogP contribution in [0.1, 0.15) is 37.3 Å². The minimum absolute atomic E-state index is 0.862. The van der Waals surface area contributed by atoms with E-state index < -0.39 is 0 Å². The van der Waals surface area contributed by atoms with E-state index in [0.717, 1.165) is 42.7 Å². The predicted molar refractivity (Wildman–Crippen MR) is 74.3 cm³/mol. The number of nitrogens with one attached hydrogen (secondary N) is 1. The zero-order valence-electron chi connectivity index (χ0n) is 11.2. The smallest absolute Gasteiger partial charge is 0.0211 e. The number of hydrogen-bond acceptors (Lipinski definition) is 1. The summed E-state index contributed by atoms with van der Waals surface area (Å²) in [5.41, 5.74) is 3.02. The molecule has 0 aromatic heterocycles. The number of hydrogen-bond donors (Lipinski definition) is 1. The van der Waals surface area contributed by atoms with E-state index >= 15 is 0 Å². The second kappa shape index (κ2) is 4.09. The molecule has 3 saturated carbocycles. The molecule has 1 aromatic carbocycles. The van der Waals surface area contributed by atoms with E-state index in [1.54, 1.807) is 6.42 Å². The van der Waals surface area contributed by atoms with Gasteiger partial charge in [-0.25, -0.2) is 0 Å². The lowest BCUT2D eigenvalue weighted by molar-refractivity contribution is 0.456. The molecule has 1 heteroatoms. The van der Waals surface area contributed by atoms with Crippen molar-refractivity contribution in [1.82, 2.24) is 5.32 Å². The molecule has 4 atom stereocenters. The molecule has 3 aliphatic rings. The number of benzene rings is 1. The Kier molecular flexibility index (Phi) is 2.51. The van der Waals surface area contributed by atoms with Gasteiger partial charge >= 0.3 is 0 Å². The lowest BCUT2D eigenvalue weighted by Gasteiger charge is -2.12. The van der Waals surface area contributed by atoms with Crippen molar-refractivity contribution in [2.75, 3.05) is 0 Å². The van der Waals surface area contributed by atoms with Crippen LogP contribution in [0.25, 0.3) is 0 Å². The predicted octanol–water partition coefficient (Wildman–Crippen LogP) is 3.38. The van der Waals surface area contributed by atoms with Crippen LogP contribution in [0, 0.1) is 23.7 Å². The highest BCUT2D eigenvalue weighted by atomic mass is 15.0. The molecule has 1 aromatic rings. The summed E-state index contributed by atoms with van der Waals surface area (Å²) in [6.07, 6.45) is 5.75. The van der Waals surface area contributed by atoms with Crippen LogP contribution in [0.3, 0.4) is 0 Å². The van der Waals surface area contributed by atoms with Crippen molar-refractivity contribution < 1.29 is 0 Å². The van der Waals surface area contributed by atoms with Crippen molar-refractivity contribution in [1.29, 1.82) is 0 Å². The molecule has 3 aliphatic carbocycles. The van der Waals surface area contributed by atoms with Crippen LogP contribution in [-0.2, 0) is 13.0 Å². The first-order valence-electron chi connectivity index (χ1n) is 7.68. The normalized spacial score (nSPS) is 39.9. The quantitative estimate of drug-likeness (QED) is 0.852. The summed E-state index contributed by atoms with van der Waals surface area (Å²) in [6.45, 7) is 3.34. The Balaban J connectivity index is 1.40. The highest BCUT2D eigenvalue weighted by Crippen LogP contribution is 2.65. The van der Waals surface area contributed by atoms with E-state index in [4.69, 9.17) is 0 Å². The first kappa shape index (κ1) is 11.0. The third-order valence-electron chi connectivity index (χ3n) is 5.76. The summed E-state index contributed by atoms with van der Waals surface area (Å²) in [7, 11) is 0. The van der Waals surface area contributed by atoms with Gasteiger partial charge in [-0.15, -0.1) is 0 Å². The van der Waals surface area contributed by atoms with Crippen molar-refractivity contribution >= 4 is 0 Å². The SMILES string of the molecule is CCc1ccccc1CNC1C2C3CCC(C3)C12. The van der Waals surface area contributed by atoms with Gasteiger partial charge in [0.1, 0.15) is 0 Å². The maximum atomic E-state index is 3.85. The summed E-state index contributed by atoms with van der Waals surface area (Å²) < 4.78 is 0. The Morgan fingerprint density at radius 2 is 1.72 bits per heavy atom. The van der Waals surface area contributed by atoms with Crippen LogP contribution in [0.2, 0.25) is 0 Å². The van der Waals surface area contributed by atoms with E-state index in [-0.39, 0.29) is 0 Å². The average Bonchev–Trinajstić information content (AvgIpc) is 2.80. The fourth-order valence-corrected chi connectivity index (χ4v) is 4.90. The van der Waals surface area contributed by atoms with Crippen LogP contribution in [0.15, 0.2) is 24.3 Å². The van der Waals surface area contributed by atoms with Crippen LogP contribution >= 0.6 is 0 Å². The van der Waals surface area contributed by atoms with Crippen molar-refractivity contribution in [2.45, 2.75) is 45.2 Å². The molecule has 4 rings (SSSR count). The second-order valence-corrected chi connectivity index (χ2v) is 6.52. The van der Waals surface area contributed by atoms with Crippen LogP contribution in [0.5, 0.6) is 0 Å². The van der Waals surface area contributed by atoms with E-state index in [0.29, 0.717) is 0 Å². The zero-order chi connectivity index (χ0) is 12.1. The average molecular weight is 241 g/mol. The van der Waals surface area contributed by atoms with Gasteiger partial charge < -0.3 is 5.32 Å². The summed E-state index contributed by atoms with van der Waals surface area (Å²) in [5, 5.41) is 3.85. The highest BCUT2D eigenvalue weighted by Gasteiger charge is 2.64. The zero-order valence-corrected chi connectivity index (χ0v) is 11.2. The van der Waals surface area contributed by atoms with Gasteiger partial charge in [0.05, 0.1) is 0 Å². The molecule has 0 saturated heterocycles. The fourth-order valence-electron chi connectivity index (χ4n) is 4.90. The van der Waals surface area contributed by atoms with Gasteiger partial charge in [0, 0.05) is 12.6 Å². The summed E-state index contributed by atoms with van der Waals surface area (Å²) in [5.74, 6) is 4.27. The molecule has 3 fully saturated rings. The molecule has 96 valence electrons. The highest BCUT2D eigenvalue weighted by molar-refractivity contribution is 5.27. The first-order valence-corrected chi connectivity index (χ1v) is 7.68. The monoisotopic (exact) mass is 241 g/mol. The molecule has 18 heavy (non-hydrogen) atoms. The summed E-state index contributed by atoms with van der Waals surface area (Å²) in [6, 6.07) is 9.76. The van der Waals surface area contributed by atoms with Crippen LogP contribution in [0.4, 0.5) is 0 Å². The Hall–Kier alpha value is -0.820. The third kappa shape index (κ3) is 1.56. The molecule has 1 N–H and O–H groups in total. The Morgan fingerprint density at radius 1 is 1.06 bits per heavy atom. The van der Waals surface area contributed by atoms with Gasteiger partial charge in [0.25, 0.3) is 0 Å². The minimum Gasteiger partial charge on any atom is -0.309 e. The van der Waals surface area contributed by atoms with Gasteiger partial charge in [-0.3, -0.25) is 0 Å². The molecule has 4 unspecified atom stereocenters. The molecule has 0 amide bonds.